The first kappa shape index (κ1) is 19.9. The molecule has 1 saturated heterocycles. The zero-order valence-corrected chi connectivity index (χ0v) is 17.6. The fourth-order valence-corrected chi connectivity index (χ4v) is 4.09. The van der Waals surface area contributed by atoms with Crippen molar-refractivity contribution < 1.29 is 9.53 Å². The number of nitrogens with zero attached hydrogens (tertiary/aromatic N) is 4. The highest BCUT2D eigenvalue weighted by Crippen LogP contribution is 2.28. The summed E-state index contributed by atoms with van der Waals surface area (Å²) in [6, 6.07) is 8.03. The molecule has 0 saturated carbocycles. The molecule has 2 aliphatic heterocycles. The molecule has 0 unspecified atom stereocenters. The Morgan fingerprint density at radius 1 is 1.14 bits per heavy atom. The molecule has 0 radical (unpaired) electrons. The molecule has 0 spiro atoms. The molecule has 7 nitrogen and oxygen atoms in total. The van der Waals surface area contributed by atoms with Crippen LogP contribution in [0.4, 0.5) is 0 Å². The Balaban J connectivity index is 1.28. The number of amides is 1. The van der Waals surface area contributed by atoms with E-state index in [0.29, 0.717) is 5.92 Å². The van der Waals surface area contributed by atoms with E-state index in [1.54, 1.807) is 0 Å². The highest BCUT2D eigenvalue weighted by atomic mass is 16.5. The van der Waals surface area contributed by atoms with Crippen LogP contribution >= 0.6 is 0 Å². The third-order valence-electron chi connectivity index (χ3n) is 5.95. The summed E-state index contributed by atoms with van der Waals surface area (Å²) in [6.45, 7) is 10.8. The minimum atomic E-state index is 0.0517. The van der Waals surface area contributed by atoms with Gasteiger partial charge in [0.25, 0.3) is 5.91 Å². The van der Waals surface area contributed by atoms with Crippen LogP contribution in [0.2, 0.25) is 0 Å². The first-order chi connectivity index (χ1) is 13.9. The molecule has 1 amide bonds. The Kier molecular flexibility index (Phi) is 5.58. The molecule has 0 aliphatic carbocycles. The van der Waals surface area contributed by atoms with Crippen LogP contribution in [0.25, 0.3) is 0 Å². The van der Waals surface area contributed by atoms with Gasteiger partial charge in [0.2, 0.25) is 0 Å². The van der Waals surface area contributed by atoms with Gasteiger partial charge in [0.05, 0.1) is 6.54 Å². The van der Waals surface area contributed by atoms with Gasteiger partial charge in [-0.1, -0.05) is 32.9 Å². The first-order valence-electron chi connectivity index (χ1n) is 10.6. The van der Waals surface area contributed by atoms with Crippen LogP contribution < -0.4 is 10.1 Å². The van der Waals surface area contributed by atoms with Crippen molar-refractivity contribution in [2.24, 2.45) is 0 Å². The third-order valence-corrected chi connectivity index (χ3v) is 5.95. The van der Waals surface area contributed by atoms with E-state index in [1.165, 1.54) is 5.56 Å². The minimum absolute atomic E-state index is 0.0517. The van der Waals surface area contributed by atoms with Gasteiger partial charge in [0.15, 0.2) is 6.61 Å². The zero-order chi connectivity index (χ0) is 20.4. The van der Waals surface area contributed by atoms with E-state index >= 15 is 0 Å². The van der Waals surface area contributed by atoms with E-state index < -0.39 is 0 Å². The van der Waals surface area contributed by atoms with Crippen molar-refractivity contribution in [1.82, 2.24) is 25.0 Å². The smallest absolute Gasteiger partial charge is 0.260 e. The van der Waals surface area contributed by atoms with Crippen molar-refractivity contribution in [3.8, 4) is 5.75 Å². The molecule has 1 fully saturated rings. The van der Waals surface area contributed by atoms with Gasteiger partial charge >= 0.3 is 0 Å². The highest BCUT2D eigenvalue weighted by Gasteiger charge is 2.28. The molecule has 2 aliphatic rings. The molecule has 0 atom stereocenters. The molecule has 156 valence electrons. The van der Waals surface area contributed by atoms with E-state index in [4.69, 9.17) is 4.74 Å². The predicted octanol–water partition coefficient (Wildman–Crippen LogP) is 2.46. The lowest BCUT2D eigenvalue weighted by atomic mass is 9.87. The van der Waals surface area contributed by atoms with Crippen LogP contribution in [0.3, 0.4) is 0 Å². The van der Waals surface area contributed by atoms with Gasteiger partial charge < -0.3 is 19.5 Å². The summed E-state index contributed by atoms with van der Waals surface area (Å²) >= 11 is 0. The maximum absolute atomic E-state index is 12.6. The minimum Gasteiger partial charge on any atom is -0.484 e. The Hall–Kier alpha value is -2.41. The molecule has 1 aromatic carbocycles. The molecule has 2 aromatic rings. The molecular weight excluding hydrogens is 366 g/mol. The monoisotopic (exact) mass is 397 g/mol. The molecule has 3 heterocycles. The normalized spacial score (nSPS) is 17.8. The van der Waals surface area contributed by atoms with Crippen molar-refractivity contribution in [3.05, 3.63) is 41.5 Å². The maximum Gasteiger partial charge on any atom is 0.260 e. The van der Waals surface area contributed by atoms with Gasteiger partial charge in [0, 0.05) is 32.1 Å². The largest absolute Gasteiger partial charge is 0.484 e. The van der Waals surface area contributed by atoms with Crippen molar-refractivity contribution in [2.45, 2.75) is 58.0 Å². The van der Waals surface area contributed by atoms with Crippen LogP contribution in [0.1, 0.15) is 56.7 Å². The Labute approximate surface area is 172 Å². The number of carbonyl (C=O) groups excluding carboxylic acids is 1. The second-order valence-electron chi connectivity index (χ2n) is 9.02. The highest BCUT2D eigenvalue weighted by molar-refractivity contribution is 5.77. The topological polar surface area (TPSA) is 72.3 Å². The summed E-state index contributed by atoms with van der Waals surface area (Å²) < 4.78 is 7.99. The second-order valence-corrected chi connectivity index (χ2v) is 9.02. The summed E-state index contributed by atoms with van der Waals surface area (Å²) in [4.78, 5) is 14.5. The lowest BCUT2D eigenvalue weighted by Crippen LogP contribution is -2.41. The van der Waals surface area contributed by atoms with E-state index in [0.717, 1.165) is 63.0 Å². The van der Waals surface area contributed by atoms with E-state index in [9.17, 15) is 4.79 Å². The molecule has 4 rings (SSSR count). The van der Waals surface area contributed by atoms with Crippen molar-refractivity contribution >= 4 is 5.91 Å². The molecule has 7 heteroatoms. The number of benzene rings is 1. The summed E-state index contributed by atoms with van der Waals surface area (Å²) in [7, 11) is 0. The van der Waals surface area contributed by atoms with Crippen LogP contribution in [-0.2, 0) is 23.3 Å². The van der Waals surface area contributed by atoms with Crippen LogP contribution in [0, 0.1) is 0 Å². The number of piperidine rings is 1. The lowest BCUT2D eigenvalue weighted by Gasteiger charge is -2.32. The van der Waals surface area contributed by atoms with Crippen molar-refractivity contribution in [2.75, 3.05) is 26.2 Å². The van der Waals surface area contributed by atoms with E-state index in [-0.39, 0.29) is 17.9 Å². The standard InChI is InChI=1S/C22H31N5O2/c1-22(2,3)17-4-6-18(7-5-17)29-15-20(28)26-11-8-16(9-12-26)21-25-24-19-14-23-10-13-27(19)21/h4-7,16,23H,8-15H2,1-3H3. The van der Waals surface area contributed by atoms with Gasteiger partial charge in [-0.25, -0.2) is 0 Å². The second kappa shape index (κ2) is 8.14. The Bertz CT molecular complexity index is 845. The molecule has 29 heavy (non-hydrogen) atoms. The van der Waals surface area contributed by atoms with Crippen LogP contribution in [-0.4, -0.2) is 51.8 Å². The first-order valence-corrected chi connectivity index (χ1v) is 10.6. The van der Waals surface area contributed by atoms with Gasteiger partial charge in [0.1, 0.15) is 17.4 Å². The number of hydrogen-bond acceptors (Lipinski definition) is 5. The molecule has 0 bridgehead atoms. The Morgan fingerprint density at radius 2 is 1.86 bits per heavy atom. The number of ether oxygens (including phenoxy) is 1. The van der Waals surface area contributed by atoms with E-state index in [2.05, 4.69) is 53.0 Å². The summed E-state index contributed by atoms with van der Waals surface area (Å²) in [6.07, 6.45) is 1.86. The number of rotatable bonds is 4. The fourth-order valence-electron chi connectivity index (χ4n) is 4.09. The van der Waals surface area contributed by atoms with Crippen molar-refractivity contribution in [1.29, 1.82) is 0 Å². The number of carbonyl (C=O) groups is 1. The number of nitrogens with one attached hydrogen (secondary N) is 1. The van der Waals surface area contributed by atoms with Crippen LogP contribution in [0.5, 0.6) is 5.75 Å². The SMILES string of the molecule is CC(C)(C)c1ccc(OCC(=O)N2CCC(c3nnc4n3CCNC4)CC2)cc1. The van der Waals surface area contributed by atoms with E-state index in [1.807, 2.05) is 17.0 Å². The zero-order valence-electron chi connectivity index (χ0n) is 17.6. The average molecular weight is 398 g/mol. The quantitative estimate of drug-likeness (QED) is 0.858. The van der Waals surface area contributed by atoms with Gasteiger partial charge in [-0.15, -0.1) is 10.2 Å². The third kappa shape index (κ3) is 4.45. The molecule has 1 aromatic heterocycles. The number of hydrogen-bond donors (Lipinski definition) is 1. The summed E-state index contributed by atoms with van der Waals surface area (Å²) in [5, 5.41) is 12.1. The Morgan fingerprint density at radius 3 is 2.55 bits per heavy atom. The van der Waals surface area contributed by atoms with Gasteiger partial charge in [-0.05, 0) is 36.0 Å². The molecular formula is C22H31N5O2. The van der Waals surface area contributed by atoms with Crippen molar-refractivity contribution in [3.63, 3.8) is 0 Å². The van der Waals surface area contributed by atoms with Gasteiger partial charge in [-0.2, -0.15) is 0 Å². The summed E-state index contributed by atoms with van der Waals surface area (Å²) in [5.74, 6) is 3.28. The summed E-state index contributed by atoms with van der Waals surface area (Å²) in [5.41, 5.74) is 1.36. The average Bonchev–Trinajstić information content (AvgIpc) is 3.16. The number of aromatic nitrogens is 3. The predicted molar refractivity (Wildman–Crippen MR) is 111 cm³/mol. The lowest BCUT2D eigenvalue weighted by molar-refractivity contribution is -0.134. The maximum atomic E-state index is 12.6. The van der Waals surface area contributed by atoms with Gasteiger partial charge in [-0.3, -0.25) is 4.79 Å². The number of fused-ring (bicyclic) bond motifs is 1. The molecule has 1 N–H and O–H groups in total. The fraction of sp³-hybridized carbons (Fsp3) is 0.591. The van der Waals surface area contributed by atoms with Crippen LogP contribution in [0.15, 0.2) is 24.3 Å². The number of likely N-dealkylation sites (tertiary alicyclic amines) is 1.